The molecule has 1 aliphatic heterocycles. The lowest BCUT2D eigenvalue weighted by Crippen LogP contribution is -2.35. The zero-order valence-electron chi connectivity index (χ0n) is 17.0. The molecule has 31 heavy (non-hydrogen) atoms. The summed E-state index contributed by atoms with van der Waals surface area (Å²) < 4.78 is 1.72. The molecule has 3 aromatic heterocycles. The molecule has 0 atom stereocenters. The highest BCUT2D eigenvalue weighted by Crippen LogP contribution is 2.24. The second-order valence-electron chi connectivity index (χ2n) is 7.76. The topological polar surface area (TPSA) is 88.3 Å². The second-order valence-corrected chi connectivity index (χ2v) is 8.60. The van der Waals surface area contributed by atoms with E-state index in [2.05, 4.69) is 60.8 Å². The molecule has 158 valence electrons. The first-order valence-electron chi connectivity index (χ1n) is 10.4. The van der Waals surface area contributed by atoms with Crippen molar-refractivity contribution in [2.24, 2.45) is 5.92 Å². The molecule has 1 aromatic carbocycles. The molecule has 4 aromatic rings. The largest absolute Gasteiger partial charge is 0.355 e. The molecule has 9 heteroatoms. The maximum absolute atomic E-state index is 12.4. The summed E-state index contributed by atoms with van der Waals surface area (Å²) in [7, 11) is 0. The second kappa shape index (κ2) is 8.81. The third-order valence-electron chi connectivity index (χ3n) is 5.71. The number of anilines is 1. The Balaban J connectivity index is 1.14. The van der Waals surface area contributed by atoms with E-state index in [1.807, 2.05) is 11.4 Å². The molecule has 0 unspecified atom stereocenters. The maximum atomic E-state index is 12.4. The first kappa shape index (κ1) is 19.6. The van der Waals surface area contributed by atoms with E-state index in [-0.39, 0.29) is 5.91 Å². The van der Waals surface area contributed by atoms with Crippen LogP contribution in [-0.4, -0.2) is 43.8 Å². The lowest BCUT2D eigenvalue weighted by Gasteiger charge is -2.32. The summed E-state index contributed by atoms with van der Waals surface area (Å²) >= 11 is 1.49. The number of hydrogen-bond donors (Lipinski definition) is 1. The summed E-state index contributed by atoms with van der Waals surface area (Å²) in [6, 6.07) is 14.3. The predicted molar refractivity (Wildman–Crippen MR) is 119 cm³/mol. The Morgan fingerprint density at radius 3 is 2.71 bits per heavy atom. The molecule has 1 saturated heterocycles. The van der Waals surface area contributed by atoms with Crippen LogP contribution in [0.4, 0.5) is 5.82 Å². The lowest BCUT2D eigenvalue weighted by molar-refractivity contribution is 0.0944. The van der Waals surface area contributed by atoms with Gasteiger partial charge in [-0.1, -0.05) is 30.3 Å². The fourth-order valence-electron chi connectivity index (χ4n) is 3.99. The number of thiazole rings is 1. The fourth-order valence-corrected chi connectivity index (χ4v) is 4.78. The van der Waals surface area contributed by atoms with Gasteiger partial charge >= 0.3 is 0 Å². The highest BCUT2D eigenvalue weighted by molar-refractivity contribution is 7.15. The minimum absolute atomic E-state index is 0.250. The smallest absolute Gasteiger partial charge is 0.272 e. The molecule has 1 N–H and O–H groups in total. The van der Waals surface area contributed by atoms with Gasteiger partial charge in [-0.3, -0.25) is 4.79 Å². The molecule has 1 fully saturated rings. The Hall–Kier alpha value is -3.33. The van der Waals surface area contributed by atoms with Crippen molar-refractivity contribution in [3.63, 3.8) is 0 Å². The van der Waals surface area contributed by atoms with E-state index in [0.717, 1.165) is 48.8 Å². The zero-order chi connectivity index (χ0) is 21.0. The van der Waals surface area contributed by atoms with E-state index >= 15 is 0 Å². The molecule has 5 rings (SSSR count). The Morgan fingerprint density at radius 1 is 1.10 bits per heavy atom. The van der Waals surface area contributed by atoms with E-state index in [1.165, 1.54) is 23.2 Å². The number of carbonyl (C=O) groups excluding carboxylic acids is 1. The van der Waals surface area contributed by atoms with E-state index in [4.69, 9.17) is 0 Å². The van der Waals surface area contributed by atoms with Crippen molar-refractivity contribution in [2.45, 2.75) is 25.8 Å². The number of benzene rings is 1. The summed E-state index contributed by atoms with van der Waals surface area (Å²) in [4.78, 5) is 19.6. The number of amides is 1. The van der Waals surface area contributed by atoms with Crippen molar-refractivity contribution in [1.29, 1.82) is 0 Å². The van der Waals surface area contributed by atoms with Gasteiger partial charge in [-0.2, -0.15) is 5.10 Å². The van der Waals surface area contributed by atoms with E-state index in [0.29, 0.717) is 18.2 Å². The van der Waals surface area contributed by atoms with E-state index in [1.54, 1.807) is 10.6 Å². The van der Waals surface area contributed by atoms with Gasteiger partial charge in [0.15, 0.2) is 11.5 Å². The van der Waals surface area contributed by atoms with Gasteiger partial charge < -0.3 is 10.2 Å². The van der Waals surface area contributed by atoms with Crippen LogP contribution in [0.1, 0.15) is 34.6 Å². The van der Waals surface area contributed by atoms with Crippen molar-refractivity contribution in [3.8, 4) is 0 Å². The molecule has 0 saturated carbocycles. The molecule has 0 radical (unpaired) electrons. The third-order valence-corrected chi connectivity index (χ3v) is 6.59. The van der Waals surface area contributed by atoms with Crippen molar-refractivity contribution in [2.75, 3.05) is 18.0 Å². The monoisotopic (exact) mass is 433 g/mol. The van der Waals surface area contributed by atoms with Crippen LogP contribution in [0, 0.1) is 5.92 Å². The molecule has 0 bridgehead atoms. The molecule has 0 aliphatic carbocycles. The Kier molecular flexibility index (Phi) is 5.57. The molecule has 8 nitrogen and oxygen atoms in total. The Labute approximate surface area is 184 Å². The molecular formula is C22H23N7OS. The molecule has 0 spiro atoms. The van der Waals surface area contributed by atoms with Gasteiger partial charge in [-0.25, -0.2) is 9.50 Å². The first-order chi connectivity index (χ1) is 15.3. The number of nitrogens with one attached hydrogen (secondary N) is 1. The van der Waals surface area contributed by atoms with Gasteiger partial charge in [-0.05, 0) is 42.9 Å². The number of rotatable bonds is 6. The quantitative estimate of drug-likeness (QED) is 0.503. The highest BCUT2D eigenvalue weighted by Gasteiger charge is 2.21. The Morgan fingerprint density at radius 2 is 1.94 bits per heavy atom. The predicted octanol–water partition coefficient (Wildman–Crippen LogP) is 2.97. The van der Waals surface area contributed by atoms with Crippen molar-refractivity contribution >= 4 is 28.0 Å². The minimum atomic E-state index is -0.250. The van der Waals surface area contributed by atoms with E-state index in [9.17, 15) is 4.79 Å². The van der Waals surface area contributed by atoms with Crippen LogP contribution in [0.3, 0.4) is 0 Å². The van der Waals surface area contributed by atoms with Gasteiger partial charge in [0.1, 0.15) is 6.33 Å². The van der Waals surface area contributed by atoms with Crippen molar-refractivity contribution < 1.29 is 4.79 Å². The average Bonchev–Trinajstić information content (AvgIpc) is 3.43. The average molecular weight is 434 g/mol. The molecule has 4 heterocycles. The van der Waals surface area contributed by atoms with Crippen LogP contribution in [0.2, 0.25) is 0 Å². The number of aromatic nitrogens is 5. The molecule has 1 amide bonds. The first-order valence-corrected chi connectivity index (χ1v) is 11.3. The zero-order valence-corrected chi connectivity index (χ0v) is 17.8. The number of piperidine rings is 1. The minimum Gasteiger partial charge on any atom is -0.355 e. The van der Waals surface area contributed by atoms with Crippen LogP contribution in [0.5, 0.6) is 0 Å². The number of hydrogen-bond acceptors (Lipinski definition) is 7. The lowest BCUT2D eigenvalue weighted by atomic mass is 9.90. The van der Waals surface area contributed by atoms with Gasteiger partial charge in [0, 0.05) is 18.5 Å². The van der Waals surface area contributed by atoms with Crippen LogP contribution in [0.25, 0.3) is 4.96 Å². The van der Waals surface area contributed by atoms with Gasteiger partial charge in [-0.15, -0.1) is 21.5 Å². The normalized spacial score (nSPS) is 14.8. The summed E-state index contributed by atoms with van der Waals surface area (Å²) in [5, 5.41) is 17.4. The standard InChI is InChI=1S/C22H23N7OS/c30-21(23-13-18-14-31-22-24-15-25-29(18)22)19-6-7-20(27-26-19)28-10-8-17(9-11-28)12-16-4-2-1-3-5-16/h1-7,14-15,17H,8-13H2,(H,23,30). The maximum Gasteiger partial charge on any atom is 0.272 e. The van der Waals surface area contributed by atoms with Gasteiger partial charge in [0.05, 0.1) is 12.2 Å². The van der Waals surface area contributed by atoms with Gasteiger partial charge in [0.2, 0.25) is 4.96 Å². The van der Waals surface area contributed by atoms with Gasteiger partial charge in [0.25, 0.3) is 5.91 Å². The van der Waals surface area contributed by atoms with Crippen LogP contribution in [0.15, 0.2) is 54.2 Å². The Bertz CT molecular complexity index is 1150. The number of fused-ring (bicyclic) bond motifs is 1. The SMILES string of the molecule is O=C(NCc1csc2ncnn12)c1ccc(N2CCC(Cc3ccccc3)CC2)nn1. The number of carbonyl (C=O) groups is 1. The molecule has 1 aliphatic rings. The molecular weight excluding hydrogens is 410 g/mol. The summed E-state index contributed by atoms with van der Waals surface area (Å²) in [5.41, 5.74) is 2.60. The van der Waals surface area contributed by atoms with Crippen molar-refractivity contribution in [1.82, 2.24) is 30.1 Å². The third kappa shape index (κ3) is 4.41. The van der Waals surface area contributed by atoms with Crippen molar-refractivity contribution in [3.05, 3.63) is 71.1 Å². The highest BCUT2D eigenvalue weighted by atomic mass is 32.1. The summed E-state index contributed by atoms with van der Waals surface area (Å²) in [6.45, 7) is 2.29. The summed E-state index contributed by atoms with van der Waals surface area (Å²) in [6.07, 6.45) is 4.91. The summed E-state index contributed by atoms with van der Waals surface area (Å²) in [5.74, 6) is 1.28. The van der Waals surface area contributed by atoms with E-state index < -0.39 is 0 Å². The van der Waals surface area contributed by atoms with Crippen LogP contribution < -0.4 is 10.2 Å². The fraction of sp³-hybridized carbons (Fsp3) is 0.318. The van der Waals surface area contributed by atoms with Crippen LogP contribution >= 0.6 is 11.3 Å². The van der Waals surface area contributed by atoms with Crippen LogP contribution in [-0.2, 0) is 13.0 Å². The number of nitrogens with zero attached hydrogens (tertiary/aromatic N) is 6.